The molecule has 8 heteroatoms. The molecule has 7 nitrogen and oxygen atoms in total. The second-order valence-corrected chi connectivity index (χ2v) is 10.9. The van der Waals surface area contributed by atoms with Crippen molar-refractivity contribution in [1.82, 2.24) is 9.62 Å². The van der Waals surface area contributed by atoms with E-state index in [-0.39, 0.29) is 16.9 Å². The molecule has 34 heavy (non-hydrogen) atoms. The van der Waals surface area contributed by atoms with E-state index in [9.17, 15) is 8.42 Å². The van der Waals surface area contributed by atoms with E-state index in [1.807, 2.05) is 30.3 Å². The summed E-state index contributed by atoms with van der Waals surface area (Å²) in [6.45, 7) is 5.61. The van der Waals surface area contributed by atoms with Crippen LogP contribution in [-0.4, -0.2) is 59.3 Å². The Hall–Kier alpha value is -2.44. The maximum Gasteiger partial charge on any atom is 0.240 e. The molecule has 4 rings (SSSR count). The molecule has 0 amide bonds. The molecular formula is C26H33N3O4S. The molecule has 2 heterocycles. The van der Waals surface area contributed by atoms with E-state index in [0.29, 0.717) is 25.4 Å². The summed E-state index contributed by atoms with van der Waals surface area (Å²) in [7, 11) is -3.74. The van der Waals surface area contributed by atoms with Crippen LogP contribution in [0, 0.1) is 11.3 Å². The normalized spacial score (nSPS) is 18.4. The largest absolute Gasteiger partial charge is 0.494 e. The Labute approximate surface area is 202 Å². The maximum absolute atomic E-state index is 12.9. The van der Waals surface area contributed by atoms with Crippen LogP contribution in [0.5, 0.6) is 5.75 Å². The lowest BCUT2D eigenvalue weighted by Gasteiger charge is -2.38. The molecular weight excluding hydrogens is 450 g/mol. The van der Waals surface area contributed by atoms with Crippen LogP contribution in [0.1, 0.15) is 43.2 Å². The number of likely N-dealkylation sites (tertiary alicyclic amines) is 1. The molecule has 0 bridgehead atoms. The third-order valence-corrected chi connectivity index (χ3v) is 8.28. The quantitative estimate of drug-likeness (QED) is 0.521. The van der Waals surface area contributed by atoms with E-state index in [1.165, 1.54) is 38.1 Å². The summed E-state index contributed by atoms with van der Waals surface area (Å²) in [5.74, 6) is 0.835. The van der Waals surface area contributed by atoms with Crippen LogP contribution < -0.4 is 9.46 Å². The number of hydrogen-bond acceptors (Lipinski definition) is 6. The van der Waals surface area contributed by atoms with Crippen molar-refractivity contribution < 1.29 is 17.9 Å². The Bertz CT molecular complexity index is 1080. The van der Waals surface area contributed by atoms with Crippen LogP contribution in [0.2, 0.25) is 0 Å². The van der Waals surface area contributed by atoms with Gasteiger partial charge in [-0.15, -0.1) is 0 Å². The topological polar surface area (TPSA) is 91.7 Å². The van der Waals surface area contributed by atoms with Gasteiger partial charge in [-0.2, -0.15) is 5.26 Å². The highest BCUT2D eigenvalue weighted by molar-refractivity contribution is 7.89. The van der Waals surface area contributed by atoms with Gasteiger partial charge in [0.1, 0.15) is 5.75 Å². The highest BCUT2D eigenvalue weighted by atomic mass is 32.2. The summed E-state index contributed by atoms with van der Waals surface area (Å²) in [6.07, 6.45) is 5.07. The summed E-state index contributed by atoms with van der Waals surface area (Å²) < 4.78 is 40.2. The molecule has 2 aliphatic rings. The Morgan fingerprint density at radius 1 is 1.09 bits per heavy atom. The first-order valence-corrected chi connectivity index (χ1v) is 13.5. The first-order chi connectivity index (χ1) is 16.5. The van der Waals surface area contributed by atoms with E-state index in [2.05, 4.69) is 9.62 Å². The van der Waals surface area contributed by atoms with Gasteiger partial charge in [0.05, 0.1) is 23.1 Å². The van der Waals surface area contributed by atoms with Crippen molar-refractivity contribution in [3.05, 3.63) is 59.7 Å². The van der Waals surface area contributed by atoms with Crippen LogP contribution in [0.15, 0.2) is 53.4 Å². The summed E-state index contributed by atoms with van der Waals surface area (Å²) >= 11 is 0. The number of nitriles is 1. The number of benzene rings is 2. The van der Waals surface area contributed by atoms with Crippen molar-refractivity contribution in [1.29, 1.82) is 5.26 Å². The van der Waals surface area contributed by atoms with E-state index in [0.717, 1.165) is 37.1 Å². The van der Waals surface area contributed by atoms with Gasteiger partial charge < -0.3 is 14.4 Å². The Balaban J connectivity index is 1.39. The number of hydrogen-bond donors (Lipinski definition) is 1. The van der Waals surface area contributed by atoms with Gasteiger partial charge in [0.15, 0.2) is 0 Å². The second-order valence-electron chi connectivity index (χ2n) is 9.13. The van der Waals surface area contributed by atoms with E-state index in [4.69, 9.17) is 14.7 Å². The molecule has 0 atom stereocenters. The van der Waals surface area contributed by atoms with Crippen LogP contribution >= 0.6 is 0 Å². The number of nitrogens with one attached hydrogen (secondary N) is 1. The van der Waals surface area contributed by atoms with Gasteiger partial charge in [-0.1, -0.05) is 18.2 Å². The van der Waals surface area contributed by atoms with Gasteiger partial charge in [-0.25, -0.2) is 13.1 Å². The fourth-order valence-corrected chi connectivity index (χ4v) is 5.94. The van der Waals surface area contributed by atoms with Crippen LogP contribution in [-0.2, 0) is 20.2 Å². The van der Waals surface area contributed by atoms with Crippen molar-refractivity contribution in [3.63, 3.8) is 0 Å². The molecule has 0 radical (unpaired) electrons. The van der Waals surface area contributed by atoms with Gasteiger partial charge >= 0.3 is 0 Å². The fraction of sp³-hybridized carbons (Fsp3) is 0.500. The van der Waals surface area contributed by atoms with E-state index in [1.54, 1.807) is 12.1 Å². The predicted octanol–water partition coefficient (Wildman–Crippen LogP) is 3.45. The number of sulfonamides is 1. The third kappa shape index (κ3) is 6.16. The SMILES string of the molecule is N#Cc1cccc(S(=O)(=O)NCC2(c3ccc(OCCCN4CCCC4)cc3)CCOCC2)c1. The van der Waals surface area contributed by atoms with Crippen LogP contribution in [0.4, 0.5) is 0 Å². The molecule has 0 unspecified atom stereocenters. The smallest absolute Gasteiger partial charge is 0.240 e. The van der Waals surface area contributed by atoms with Crippen molar-refractivity contribution in [2.24, 2.45) is 0 Å². The van der Waals surface area contributed by atoms with Crippen molar-refractivity contribution in [2.45, 2.75) is 42.4 Å². The zero-order valence-electron chi connectivity index (χ0n) is 19.5. The minimum atomic E-state index is -3.74. The third-order valence-electron chi connectivity index (χ3n) is 6.88. The molecule has 2 aromatic rings. The zero-order chi connectivity index (χ0) is 23.9. The molecule has 2 aliphatic heterocycles. The summed E-state index contributed by atoms with van der Waals surface area (Å²) in [6, 6.07) is 16.1. The molecule has 2 saturated heterocycles. The fourth-order valence-electron chi connectivity index (χ4n) is 4.77. The first-order valence-electron chi connectivity index (χ1n) is 12.0. The standard InChI is InChI=1S/C26H33N3O4S/c27-20-22-5-3-6-25(19-22)34(30,31)28-21-26(11-17-32-18-12-26)23-7-9-24(10-8-23)33-16-4-15-29-13-1-2-14-29/h3,5-10,19,28H,1-2,4,11-18,21H2. The van der Waals surface area contributed by atoms with Crippen LogP contribution in [0.3, 0.4) is 0 Å². The van der Waals surface area contributed by atoms with E-state index >= 15 is 0 Å². The van der Waals surface area contributed by atoms with Gasteiger partial charge in [-0.05, 0) is 81.1 Å². The second kappa shape index (κ2) is 11.3. The maximum atomic E-state index is 12.9. The van der Waals surface area contributed by atoms with Crippen molar-refractivity contribution in [3.8, 4) is 11.8 Å². The lowest BCUT2D eigenvalue weighted by atomic mass is 9.74. The van der Waals surface area contributed by atoms with Gasteiger partial charge in [0.25, 0.3) is 0 Å². The molecule has 0 spiro atoms. The Kier molecular flexibility index (Phi) is 8.22. The van der Waals surface area contributed by atoms with Gasteiger partial charge in [0.2, 0.25) is 10.0 Å². The van der Waals surface area contributed by atoms with Gasteiger partial charge in [-0.3, -0.25) is 0 Å². The lowest BCUT2D eigenvalue weighted by molar-refractivity contribution is 0.0517. The van der Waals surface area contributed by atoms with Gasteiger partial charge in [0, 0.05) is 31.7 Å². The molecule has 2 fully saturated rings. The molecule has 0 aromatic heterocycles. The Morgan fingerprint density at radius 2 is 1.82 bits per heavy atom. The summed E-state index contributed by atoms with van der Waals surface area (Å²) in [5, 5.41) is 9.10. The number of rotatable bonds is 10. The molecule has 1 N–H and O–H groups in total. The number of nitrogens with zero attached hydrogens (tertiary/aromatic N) is 2. The zero-order valence-corrected chi connectivity index (χ0v) is 20.4. The molecule has 182 valence electrons. The van der Waals surface area contributed by atoms with Crippen molar-refractivity contribution >= 4 is 10.0 Å². The lowest BCUT2D eigenvalue weighted by Crippen LogP contribution is -2.44. The van der Waals surface area contributed by atoms with Crippen molar-refractivity contribution in [2.75, 3.05) is 46.0 Å². The number of ether oxygens (including phenoxy) is 2. The average Bonchev–Trinajstić information content (AvgIpc) is 3.40. The predicted molar refractivity (Wildman–Crippen MR) is 130 cm³/mol. The monoisotopic (exact) mass is 483 g/mol. The summed E-state index contributed by atoms with van der Waals surface area (Å²) in [5.41, 5.74) is 1.04. The highest BCUT2D eigenvalue weighted by Gasteiger charge is 2.36. The molecule has 0 aliphatic carbocycles. The minimum absolute atomic E-state index is 0.103. The van der Waals surface area contributed by atoms with Crippen LogP contribution in [0.25, 0.3) is 0 Å². The Morgan fingerprint density at radius 3 is 2.53 bits per heavy atom. The minimum Gasteiger partial charge on any atom is -0.494 e. The molecule has 0 saturated carbocycles. The highest BCUT2D eigenvalue weighted by Crippen LogP contribution is 2.35. The molecule has 2 aromatic carbocycles. The average molecular weight is 484 g/mol. The van der Waals surface area contributed by atoms with E-state index < -0.39 is 10.0 Å². The first kappa shape index (κ1) is 24.7. The summed E-state index contributed by atoms with van der Waals surface area (Å²) in [4.78, 5) is 2.59.